The highest BCUT2D eigenvalue weighted by Gasteiger charge is 2.35. The molecule has 1 atom stereocenters. The zero-order chi connectivity index (χ0) is 12.5. The summed E-state index contributed by atoms with van der Waals surface area (Å²) >= 11 is 3.64. The Bertz CT molecular complexity index is 390. The van der Waals surface area contributed by atoms with E-state index in [-0.39, 0.29) is 0 Å². The molecule has 2 nitrogen and oxygen atoms in total. The van der Waals surface area contributed by atoms with Crippen LogP contribution in [0.5, 0.6) is 0 Å². The van der Waals surface area contributed by atoms with Crippen molar-refractivity contribution in [3.63, 3.8) is 0 Å². The summed E-state index contributed by atoms with van der Waals surface area (Å²) in [4.78, 5) is 2.47. The molecule has 2 N–H and O–H groups in total. The van der Waals surface area contributed by atoms with Crippen LogP contribution in [0.15, 0.2) is 28.7 Å². The first-order valence-corrected chi connectivity index (χ1v) is 7.03. The van der Waals surface area contributed by atoms with E-state index in [4.69, 9.17) is 5.73 Å². The van der Waals surface area contributed by atoms with E-state index >= 15 is 0 Å². The molecule has 0 spiro atoms. The second-order valence-electron chi connectivity index (χ2n) is 5.58. The second-order valence-corrected chi connectivity index (χ2v) is 6.44. The van der Waals surface area contributed by atoms with Gasteiger partial charge >= 0.3 is 0 Å². The van der Waals surface area contributed by atoms with Crippen molar-refractivity contribution in [1.82, 2.24) is 0 Å². The first-order valence-electron chi connectivity index (χ1n) is 6.24. The van der Waals surface area contributed by atoms with Crippen LogP contribution in [0.25, 0.3) is 0 Å². The summed E-state index contributed by atoms with van der Waals surface area (Å²) in [5.41, 5.74) is 7.46. The van der Waals surface area contributed by atoms with E-state index in [1.54, 1.807) is 0 Å². The lowest BCUT2D eigenvalue weighted by Crippen LogP contribution is -2.48. The number of para-hydroxylation sites is 1. The number of anilines is 1. The van der Waals surface area contributed by atoms with Crippen molar-refractivity contribution in [2.24, 2.45) is 17.1 Å². The Morgan fingerprint density at radius 2 is 2.12 bits per heavy atom. The van der Waals surface area contributed by atoms with Gasteiger partial charge in [-0.15, -0.1) is 0 Å². The van der Waals surface area contributed by atoms with Crippen molar-refractivity contribution >= 4 is 21.6 Å². The lowest BCUT2D eigenvalue weighted by Gasteiger charge is -2.45. The Morgan fingerprint density at radius 3 is 2.71 bits per heavy atom. The highest BCUT2D eigenvalue weighted by atomic mass is 79.9. The van der Waals surface area contributed by atoms with Crippen LogP contribution in [-0.4, -0.2) is 19.6 Å². The quantitative estimate of drug-likeness (QED) is 0.908. The minimum atomic E-state index is 0.294. The fourth-order valence-corrected chi connectivity index (χ4v) is 3.29. The summed E-state index contributed by atoms with van der Waals surface area (Å²) in [6.07, 6.45) is 1.19. The van der Waals surface area contributed by atoms with Crippen LogP contribution >= 0.6 is 15.9 Å². The molecule has 1 aliphatic heterocycles. The Labute approximate surface area is 112 Å². The smallest absolute Gasteiger partial charge is 0.0510 e. The van der Waals surface area contributed by atoms with Crippen molar-refractivity contribution < 1.29 is 0 Å². The molecule has 1 aromatic carbocycles. The van der Waals surface area contributed by atoms with Crippen molar-refractivity contribution in [3.05, 3.63) is 28.7 Å². The van der Waals surface area contributed by atoms with Gasteiger partial charge in [0.2, 0.25) is 0 Å². The van der Waals surface area contributed by atoms with E-state index in [9.17, 15) is 0 Å². The number of nitrogens with two attached hydrogens (primary N) is 1. The maximum absolute atomic E-state index is 5.87. The first-order chi connectivity index (χ1) is 8.04. The highest BCUT2D eigenvalue weighted by molar-refractivity contribution is 9.10. The first kappa shape index (κ1) is 12.9. The van der Waals surface area contributed by atoms with Crippen molar-refractivity contribution in [1.29, 1.82) is 0 Å². The molecule has 1 saturated heterocycles. The maximum Gasteiger partial charge on any atom is 0.0510 e. The number of rotatable bonds is 2. The van der Waals surface area contributed by atoms with Gasteiger partial charge in [-0.05, 0) is 52.4 Å². The minimum Gasteiger partial charge on any atom is -0.370 e. The molecule has 1 unspecified atom stereocenters. The zero-order valence-electron chi connectivity index (χ0n) is 10.6. The van der Waals surface area contributed by atoms with Gasteiger partial charge in [-0.25, -0.2) is 0 Å². The molecule has 17 heavy (non-hydrogen) atoms. The average Bonchev–Trinajstić information content (AvgIpc) is 2.28. The summed E-state index contributed by atoms with van der Waals surface area (Å²) in [5.74, 6) is 0.640. The molecule has 0 aromatic heterocycles. The van der Waals surface area contributed by atoms with Crippen LogP contribution in [0.3, 0.4) is 0 Å². The van der Waals surface area contributed by atoms with Gasteiger partial charge in [0.1, 0.15) is 0 Å². The van der Waals surface area contributed by atoms with Crippen LogP contribution in [0.2, 0.25) is 0 Å². The van der Waals surface area contributed by atoms with E-state index < -0.39 is 0 Å². The fraction of sp³-hybridized carbons (Fsp3) is 0.571. The molecule has 1 aliphatic rings. The van der Waals surface area contributed by atoms with E-state index in [1.165, 1.54) is 16.6 Å². The summed E-state index contributed by atoms with van der Waals surface area (Å²) < 4.78 is 1.18. The van der Waals surface area contributed by atoms with Crippen LogP contribution in [-0.2, 0) is 0 Å². The van der Waals surface area contributed by atoms with Gasteiger partial charge in [-0.3, -0.25) is 0 Å². The summed E-state index contributed by atoms with van der Waals surface area (Å²) in [5, 5.41) is 0. The summed E-state index contributed by atoms with van der Waals surface area (Å²) in [6, 6.07) is 8.45. The van der Waals surface area contributed by atoms with Gasteiger partial charge in [0.05, 0.1) is 5.69 Å². The van der Waals surface area contributed by atoms with Crippen molar-refractivity contribution in [2.45, 2.75) is 20.3 Å². The van der Waals surface area contributed by atoms with Crippen molar-refractivity contribution in [2.75, 3.05) is 24.5 Å². The Morgan fingerprint density at radius 1 is 1.41 bits per heavy atom. The molecular weight excluding hydrogens is 276 g/mol. The van der Waals surface area contributed by atoms with Crippen molar-refractivity contribution in [3.8, 4) is 0 Å². The predicted molar refractivity (Wildman–Crippen MR) is 77.3 cm³/mol. The number of halogens is 1. The number of benzene rings is 1. The number of hydrogen-bond donors (Lipinski definition) is 1. The minimum absolute atomic E-state index is 0.294. The SMILES string of the molecule is CC1(C)CN(c2ccccc2Br)CCC1CN. The predicted octanol–water partition coefficient (Wildman–Crippen LogP) is 3.26. The molecule has 0 radical (unpaired) electrons. The Balaban J connectivity index is 2.18. The third-order valence-electron chi connectivity index (χ3n) is 3.93. The molecule has 0 saturated carbocycles. The van der Waals surface area contributed by atoms with E-state index in [0.717, 1.165) is 19.6 Å². The maximum atomic E-state index is 5.87. The standard InChI is InChI=1S/C14H21BrN2/c1-14(2)10-17(8-7-11(14)9-16)13-6-4-3-5-12(13)15/h3-6,11H,7-10,16H2,1-2H3. The van der Waals surface area contributed by atoms with Gasteiger partial charge in [0.15, 0.2) is 0 Å². The average molecular weight is 297 g/mol. The molecule has 3 heteroatoms. The van der Waals surface area contributed by atoms with Crippen LogP contribution < -0.4 is 10.6 Å². The second kappa shape index (κ2) is 4.99. The highest BCUT2D eigenvalue weighted by Crippen LogP contribution is 2.38. The topological polar surface area (TPSA) is 29.3 Å². The van der Waals surface area contributed by atoms with Gasteiger partial charge in [0.25, 0.3) is 0 Å². The molecule has 0 aliphatic carbocycles. The monoisotopic (exact) mass is 296 g/mol. The lowest BCUT2D eigenvalue weighted by molar-refractivity contribution is 0.182. The van der Waals surface area contributed by atoms with Gasteiger partial charge < -0.3 is 10.6 Å². The third kappa shape index (κ3) is 2.66. The van der Waals surface area contributed by atoms with Gasteiger partial charge in [-0.2, -0.15) is 0 Å². The fourth-order valence-electron chi connectivity index (χ4n) is 2.75. The molecule has 1 heterocycles. The van der Waals surface area contributed by atoms with Gasteiger partial charge in [0, 0.05) is 17.6 Å². The third-order valence-corrected chi connectivity index (χ3v) is 4.60. The van der Waals surface area contributed by atoms with E-state index in [1.807, 2.05) is 0 Å². The normalized spacial score (nSPS) is 23.8. The molecule has 94 valence electrons. The largest absolute Gasteiger partial charge is 0.370 e. The lowest BCUT2D eigenvalue weighted by atomic mass is 9.74. The molecule has 0 amide bonds. The summed E-state index contributed by atoms with van der Waals surface area (Å²) in [7, 11) is 0. The summed E-state index contributed by atoms with van der Waals surface area (Å²) in [6.45, 7) is 7.64. The molecular formula is C14H21BrN2. The molecule has 1 fully saturated rings. The zero-order valence-corrected chi connectivity index (χ0v) is 12.2. The van der Waals surface area contributed by atoms with Crippen LogP contribution in [0.1, 0.15) is 20.3 Å². The molecule has 0 bridgehead atoms. The van der Waals surface area contributed by atoms with E-state index in [2.05, 4.69) is 58.9 Å². The van der Waals surface area contributed by atoms with Crippen LogP contribution in [0.4, 0.5) is 5.69 Å². The number of piperidine rings is 1. The van der Waals surface area contributed by atoms with Gasteiger partial charge in [-0.1, -0.05) is 26.0 Å². The molecule has 1 aromatic rings. The number of hydrogen-bond acceptors (Lipinski definition) is 2. The number of nitrogens with zero attached hydrogens (tertiary/aromatic N) is 1. The van der Waals surface area contributed by atoms with E-state index in [0.29, 0.717) is 11.3 Å². The Hall–Kier alpha value is -0.540. The molecule has 2 rings (SSSR count). The Kier molecular flexibility index (Phi) is 3.79. The van der Waals surface area contributed by atoms with Crippen LogP contribution in [0, 0.1) is 11.3 Å².